The number of aliphatic hydroxyl groups excluding tert-OH is 1. The number of rotatable bonds is 13. The first-order chi connectivity index (χ1) is 9.16. The van der Waals surface area contributed by atoms with Crippen LogP contribution in [0.2, 0.25) is 0 Å². The van der Waals surface area contributed by atoms with Crippen molar-refractivity contribution in [1.82, 2.24) is 0 Å². The maximum absolute atomic E-state index is 10.3. The van der Waals surface area contributed by atoms with E-state index in [0.29, 0.717) is 6.42 Å². The van der Waals surface area contributed by atoms with Crippen molar-refractivity contribution >= 4 is 5.97 Å². The monoisotopic (exact) mass is 270 g/mol. The fraction of sp³-hybridized carbons (Fsp3) is 0.812. The van der Waals surface area contributed by atoms with E-state index in [2.05, 4.69) is 19.1 Å². The molecular weight excluding hydrogens is 240 g/mol. The van der Waals surface area contributed by atoms with Crippen molar-refractivity contribution in [2.75, 3.05) is 0 Å². The SMILES string of the molecule is CCCCCC/C=C/CCCCC(O)CCC(=O)O. The lowest BCUT2D eigenvalue weighted by Gasteiger charge is -2.07. The number of unbranched alkanes of at least 4 members (excludes halogenated alkanes) is 6. The summed E-state index contributed by atoms with van der Waals surface area (Å²) >= 11 is 0. The minimum atomic E-state index is -0.829. The summed E-state index contributed by atoms with van der Waals surface area (Å²) in [5.74, 6) is -0.829. The summed E-state index contributed by atoms with van der Waals surface area (Å²) in [7, 11) is 0. The zero-order valence-corrected chi connectivity index (χ0v) is 12.3. The van der Waals surface area contributed by atoms with Crippen LogP contribution in [-0.2, 0) is 4.79 Å². The topological polar surface area (TPSA) is 57.5 Å². The van der Waals surface area contributed by atoms with E-state index in [-0.39, 0.29) is 6.42 Å². The van der Waals surface area contributed by atoms with Gasteiger partial charge in [-0.25, -0.2) is 0 Å². The Balaban J connectivity index is 3.25. The first-order valence-corrected chi connectivity index (χ1v) is 7.71. The maximum atomic E-state index is 10.3. The minimum Gasteiger partial charge on any atom is -0.481 e. The summed E-state index contributed by atoms with van der Waals surface area (Å²) in [6, 6.07) is 0. The van der Waals surface area contributed by atoms with Crippen molar-refractivity contribution in [3.63, 3.8) is 0 Å². The van der Waals surface area contributed by atoms with Crippen molar-refractivity contribution in [2.24, 2.45) is 0 Å². The third kappa shape index (κ3) is 15.1. The molecule has 0 amide bonds. The number of carboxylic acids is 1. The molecule has 0 bridgehead atoms. The molecule has 0 radical (unpaired) electrons. The summed E-state index contributed by atoms with van der Waals surface area (Å²) in [6.45, 7) is 2.22. The zero-order chi connectivity index (χ0) is 14.3. The molecule has 0 fully saturated rings. The van der Waals surface area contributed by atoms with Crippen LogP contribution in [-0.4, -0.2) is 22.3 Å². The highest BCUT2D eigenvalue weighted by atomic mass is 16.4. The van der Waals surface area contributed by atoms with Gasteiger partial charge in [0.25, 0.3) is 0 Å². The number of carbonyl (C=O) groups is 1. The van der Waals surface area contributed by atoms with Crippen LogP contribution in [0, 0.1) is 0 Å². The molecule has 0 aromatic carbocycles. The third-order valence-corrected chi connectivity index (χ3v) is 3.24. The quantitative estimate of drug-likeness (QED) is 0.387. The van der Waals surface area contributed by atoms with Gasteiger partial charge in [-0.1, -0.05) is 44.8 Å². The maximum Gasteiger partial charge on any atom is 0.303 e. The zero-order valence-electron chi connectivity index (χ0n) is 12.3. The average Bonchev–Trinajstić information content (AvgIpc) is 2.38. The Bertz CT molecular complexity index is 236. The van der Waals surface area contributed by atoms with Gasteiger partial charge in [0.05, 0.1) is 6.10 Å². The van der Waals surface area contributed by atoms with Gasteiger partial charge in [-0.15, -0.1) is 0 Å². The minimum absolute atomic E-state index is 0.0683. The van der Waals surface area contributed by atoms with E-state index in [1.807, 2.05) is 0 Å². The molecule has 1 atom stereocenters. The molecule has 0 saturated heterocycles. The Hall–Kier alpha value is -0.830. The Morgan fingerprint density at radius 1 is 1.00 bits per heavy atom. The highest BCUT2D eigenvalue weighted by Crippen LogP contribution is 2.09. The van der Waals surface area contributed by atoms with Gasteiger partial charge in [0, 0.05) is 6.42 Å². The van der Waals surface area contributed by atoms with Gasteiger partial charge in [-0.2, -0.15) is 0 Å². The molecule has 0 aromatic heterocycles. The first kappa shape index (κ1) is 18.2. The van der Waals surface area contributed by atoms with Crippen LogP contribution in [0.1, 0.15) is 77.6 Å². The van der Waals surface area contributed by atoms with Crippen molar-refractivity contribution in [2.45, 2.75) is 83.7 Å². The fourth-order valence-corrected chi connectivity index (χ4v) is 2.00. The highest BCUT2D eigenvalue weighted by molar-refractivity contribution is 5.66. The van der Waals surface area contributed by atoms with E-state index in [4.69, 9.17) is 5.11 Å². The smallest absolute Gasteiger partial charge is 0.303 e. The molecule has 3 heteroatoms. The molecule has 112 valence electrons. The predicted octanol–water partition coefficient (Wildman–Crippen LogP) is 4.30. The Morgan fingerprint density at radius 2 is 1.63 bits per heavy atom. The van der Waals surface area contributed by atoms with Crippen LogP contribution >= 0.6 is 0 Å². The number of aliphatic hydroxyl groups is 1. The number of aliphatic carboxylic acids is 1. The second-order valence-corrected chi connectivity index (χ2v) is 5.19. The summed E-state index contributed by atoms with van der Waals surface area (Å²) in [5.41, 5.74) is 0. The Labute approximate surface area is 117 Å². The fourth-order valence-electron chi connectivity index (χ4n) is 2.00. The second-order valence-electron chi connectivity index (χ2n) is 5.19. The highest BCUT2D eigenvalue weighted by Gasteiger charge is 2.06. The van der Waals surface area contributed by atoms with E-state index in [9.17, 15) is 9.90 Å². The summed E-state index contributed by atoms with van der Waals surface area (Å²) < 4.78 is 0. The van der Waals surface area contributed by atoms with Crippen LogP contribution in [0.4, 0.5) is 0 Å². The summed E-state index contributed by atoms with van der Waals surface area (Å²) in [6.07, 6.45) is 14.8. The van der Waals surface area contributed by atoms with E-state index < -0.39 is 12.1 Å². The van der Waals surface area contributed by atoms with Crippen LogP contribution < -0.4 is 0 Å². The van der Waals surface area contributed by atoms with Gasteiger partial charge in [-0.3, -0.25) is 4.79 Å². The van der Waals surface area contributed by atoms with Gasteiger partial charge >= 0.3 is 5.97 Å². The number of carboxylic acid groups (broad SMARTS) is 1. The van der Waals surface area contributed by atoms with Crippen LogP contribution in [0.5, 0.6) is 0 Å². The molecule has 0 aliphatic carbocycles. The van der Waals surface area contributed by atoms with Gasteiger partial charge in [0.2, 0.25) is 0 Å². The van der Waals surface area contributed by atoms with Gasteiger partial charge < -0.3 is 10.2 Å². The third-order valence-electron chi connectivity index (χ3n) is 3.24. The molecule has 0 aliphatic heterocycles. The molecule has 0 heterocycles. The Kier molecular flexibility index (Phi) is 13.0. The lowest BCUT2D eigenvalue weighted by Crippen LogP contribution is -2.09. The molecule has 2 N–H and O–H groups in total. The molecule has 0 aliphatic rings. The van der Waals surface area contributed by atoms with E-state index >= 15 is 0 Å². The lowest BCUT2D eigenvalue weighted by atomic mass is 10.1. The second kappa shape index (κ2) is 13.6. The van der Waals surface area contributed by atoms with Crippen LogP contribution in [0.25, 0.3) is 0 Å². The molecular formula is C16H30O3. The van der Waals surface area contributed by atoms with Crippen molar-refractivity contribution < 1.29 is 15.0 Å². The molecule has 0 aromatic rings. The molecule has 0 spiro atoms. The Morgan fingerprint density at radius 3 is 2.21 bits per heavy atom. The largest absolute Gasteiger partial charge is 0.481 e. The van der Waals surface area contributed by atoms with E-state index in [0.717, 1.165) is 25.7 Å². The molecule has 19 heavy (non-hydrogen) atoms. The van der Waals surface area contributed by atoms with Gasteiger partial charge in [0.1, 0.15) is 0 Å². The van der Waals surface area contributed by atoms with Crippen LogP contribution in [0.3, 0.4) is 0 Å². The summed E-state index contributed by atoms with van der Waals surface area (Å²) in [5, 5.41) is 18.0. The number of hydrogen-bond donors (Lipinski definition) is 2. The van der Waals surface area contributed by atoms with Crippen molar-refractivity contribution in [1.29, 1.82) is 0 Å². The lowest BCUT2D eigenvalue weighted by molar-refractivity contribution is -0.137. The molecule has 1 unspecified atom stereocenters. The van der Waals surface area contributed by atoms with E-state index in [1.165, 1.54) is 32.1 Å². The number of allylic oxidation sites excluding steroid dienone is 2. The number of hydrogen-bond acceptors (Lipinski definition) is 2. The molecule has 0 saturated carbocycles. The molecule has 0 rings (SSSR count). The standard InChI is InChI=1S/C16H30O3/c1-2-3-4-5-6-7-8-9-10-11-12-15(17)13-14-16(18)19/h7-8,15,17H,2-6,9-14H2,1H3,(H,18,19)/b8-7+. The van der Waals surface area contributed by atoms with E-state index in [1.54, 1.807) is 0 Å². The molecule has 3 nitrogen and oxygen atoms in total. The van der Waals surface area contributed by atoms with Gasteiger partial charge in [-0.05, 0) is 38.5 Å². The van der Waals surface area contributed by atoms with Gasteiger partial charge in [0.15, 0.2) is 0 Å². The predicted molar refractivity (Wildman–Crippen MR) is 79.2 cm³/mol. The van der Waals surface area contributed by atoms with Crippen LogP contribution in [0.15, 0.2) is 12.2 Å². The van der Waals surface area contributed by atoms with Crippen molar-refractivity contribution in [3.05, 3.63) is 12.2 Å². The normalized spacial score (nSPS) is 12.9. The van der Waals surface area contributed by atoms with Crippen molar-refractivity contribution in [3.8, 4) is 0 Å². The average molecular weight is 270 g/mol. The first-order valence-electron chi connectivity index (χ1n) is 7.71. The summed E-state index contributed by atoms with van der Waals surface area (Å²) in [4.78, 5) is 10.3.